The molecule has 0 bridgehead atoms. The fourth-order valence-corrected chi connectivity index (χ4v) is 3.52. The topological polar surface area (TPSA) is 28.5 Å². The molecule has 1 aromatic heterocycles. The highest BCUT2D eigenvalue weighted by molar-refractivity contribution is 9.10. The zero-order valence-electron chi connectivity index (χ0n) is 13.5. The smallest absolute Gasteiger partial charge is 0.270 e. The van der Waals surface area contributed by atoms with Gasteiger partial charge in [0.05, 0.1) is 0 Å². The van der Waals surface area contributed by atoms with Crippen molar-refractivity contribution in [3.8, 4) is 0 Å². The number of hydrogen-bond donors (Lipinski definition) is 0. The molecular formula is C16H26BrN3O. The molecule has 0 radical (unpaired) electrons. The molecular weight excluding hydrogens is 330 g/mol. The lowest BCUT2D eigenvalue weighted by Crippen LogP contribution is -2.47. The number of rotatable bonds is 4. The van der Waals surface area contributed by atoms with Crippen LogP contribution in [0.3, 0.4) is 0 Å². The number of likely N-dealkylation sites (tertiary alicyclic amines) is 1. The van der Waals surface area contributed by atoms with Crippen LogP contribution in [0.15, 0.2) is 16.7 Å². The van der Waals surface area contributed by atoms with Crippen molar-refractivity contribution in [3.63, 3.8) is 0 Å². The first-order valence-electron chi connectivity index (χ1n) is 7.81. The lowest BCUT2D eigenvalue weighted by Gasteiger charge is -2.38. The maximum absolute atomic E-state index is 12.7. The molecule has 5 heteroatoms. The van der Waals surface area contributed by atoms with Crippen LogP contribution in [0.2, 0.25) is 0 Å². The van der Waals surface area contributed by atoms with Gasteiger partial charge in [-0.2, -0.15) is 0 Å². The number of hydrogen-bond acceptors (Lipinski definition) is 2. The first-order chi connectivity index (χ1) is 9.93. The fourth-order valence-electron chi connectivity index (χ4n) is 3.05. The van der Waals surface area contributed by atoms with E-state index in [9.17, 15) is 4.79 Å². The Morgan fingerprint density at radius 1 is 1.43 bits per heavy atom. The van der Waals surface area contributed by atoms with Crippen molar-refractivity contribution in [2.75, 3.05) is 20.1 Å². The average Bonchev–Trinajstić information content (AvgIpc) is 2.86. The molecule has 118 valence electrons. The summed E-state index contributed by atoms with van der Waals surface area (Å²) in [6.07, 6.45) is 4.10. The number of carbonyl (C=O) groups excluding carboxylic acids is 1. The molecule has 0 N–H and O–H groups in total. The highest BCUT2D eigenvalue weighted by Gasteiger charge is 2.28. The van der Waals surface area contributed by atoms with Crippen molar-refractivity contribution >= 4 is 21.8 Å². The molecule has 1 amide bonds. The van der Waals surface area contributed by atoms with E-state index in [0.29, 0.717) is 12.1 Å². The van der Waals surface area contributed by atoms with Gasteiger partial charge in [-0.05, 0) is 55.6 Å². The van der Waals surface area contributed by atoms with E-state index < -0.39 is 0 Å². The number of amides is 1. The molecule has 0 aliphatic carbocycles. The van der Waals surface area contributed by atoms with Gasteiger partial charge in [0.25, 0.3) is 5.91 Å². The van der Waals surface area contributed by atoms with Crippen molar-refractivity contribution in [2.45, 2.75) is 52.2 Å². The summed E-state index contributed by atoms with van der Waals surface area (Å²) in [4.78, 5) is 17.1. The van der Waals surface area contributed by atoms with Crippen LogP contribution in [0.1, 0.15) is 44.1 Å². The van der Waals surface area contributed by atoms with Crippen molar-refractivity contribution < 1.29 is 4.79 Å². The van der Waals surface area contributed by atoms with Gasteiger partial charge in [-0.3, -0.25) is 4.79 Å². The lowest BCUT2D eigenvalue weighted by atomic mass is 10.0. The van der Waals surface area contributed by atoms with Crippen LogP contribution in [0.25, 0.3) is 0 Å². The van der Waals surface area contributed by atoms with Crippen molar-refractivity contribution in [1.82, 2.24) is 14.4 Å². The Hall–Kier alpha value is -0.810. The number of carbonyl (C=O) groups is 1. The van der Waals surface area contributed by atoms with Gasteiger partial charge in [0.2, 0.25) is 0 Å². The van der Waals surface area contributed by atoms with Gasteiger partial charge in [-0.25, -0.2) is 0 Å². The average molecular weight is 356 g/mol. The van der Waals surface area contributed by atoms with E-state index in [1.165, 1.54) is 0 Å². The van der Waals surface area contributed by atoms with Crippen molar-refractivity contribution in [3.05, 3.63) is 22.4 Å². The normalized spacial score (nSPS) is 17.4. The molecule has 2 heterocycles. The van der Waals surface area contributed by atoms with E-state index >= 15 is 0 Å². The van der Waals surface area contributed by atoms with Crippen LogP contribution in [-0.4, -0.2) is 52.5 Å². The second-order valence-corrected chi connectivity index (χ2v) is 7.02. The molecule has 0 saturated carbocycles. The Balaban J connectivity index is 2.03. The van der Waals surface area contributed by atoms with Crippen LogP contribution < -0.4 is 0 Å². The fraction of sp³-hybridized carbons (Fsp3) is 0.688. The SMILES string of the molecule is CCn1cc(Br)cc1C(=O)N(C)C1CCN(C(C)C)CC1. The largest absolute Gasteiger partial charge is 0.343 e. The number of halogens is 1. The summed E-state index contributed by atoms with van der Waals surface area (Å²) in [6.45, 7) is 9.51. The van der Waals surface area contributed by atoms with E-state index in [1.54, 1.807) is 0 Å². The van der Waals surface area contributed by atoms with Crippen LogP contribution in [0.5, 0.6) is 0 Å². The molecule has 2 rings (SSSR count). The van der Waals surface area contributed by atoms with E-state index in [-0.39, 0.29) is 5.91 Å². The standard InChI is InChI=1S/C16H26BrN3O/c1-5-19-11-13(17)10-15(19)16(21)18(4)14-6-8-20(9-7-14)12(2)3/h10-12,14H,5-9H2,1-4H3. The van der Waals surface area contributed by atoms with E-state index in [4.69, 9.17) is 0 Å². The Morgan fingerprint density at radius 2 is 2.05 bits per heavy atom. The summed E-state index contributed by atoms with van der Waals surface area (Å²) >= 11 is 3.46. The van der Waals surface area contributed by atoms with E-state index in [1.807, 2.05) is 28.8 Å². The quantitative estimate of drug-likeness (QED) is 0.829. The molecule has 0 atom stereocenters. The van der Waals surface area contributed by atoms with Crippen LogP contribution >= 0.6 is 15.9 Å². The molecule has 1 fully saturated rings. The minimum absolute atomic E-state index is 0.130. The van der Waals surface area contributed by atoms with Crippen molar-refractivity contribution in [2.24, 2.45) is 0 Å². The second kappa shape index (κ2) is 6.97. The maximum atomic E-state index is 12.7. The molecule has 1 saturated heterocycles. The van der Waals surface area contributed by atoms with Gasteiger partial charge in [-0.15, -0.1) is 0 Å². The monoisotopic (exact) mass is 355 g/mol. The van der Waals surface area contributed by atoms with Gasteiger partial charge in [0.1, 0.15) is 5.69 Å². The summed E-state index contributed by atoms with van der Waals surface area (Å²) in [5, 5.41) is 0. The predicted octanol–water partition coefficient (Wildman–Crippen LogP) is 3.22. The van der Waals surface area contributed by atoms with Crippen LogP contribution in [-0.2, 0) is 6.54 Å². The van der Waals surface area contributed by atoms with Crippen molar-refractivity contribution in [1.29, 1.82) is 0 Å². The van der Waals surface area contributed by atoms with Gasteiger partial charge in [0.15, 0.2) is 0 Å². The second-order valence-electron chi connectivity index (χ2n) is 6.11. The van der Waals surface area contributed by atoms with Gasteiger partial charge >= 0.3 is 0 Å². The zero-order chi connectivity index (χ0) is 15.6. The minimum Gasteiger partial charge on any atom is -0.343 e. The van der Waals surface area contributed by atoms with Crippen LogP contribution in [0, 0.1) is 0 Å². The Labute approximate surface area is 136 Å². The summed E-state index contributed by atoms with van der Waals surface area (Å²) in [7, 11) is 1.94. The van der Waals surface area contributed by atoms with Gasteiger partial charge in [0, 0.05) is 49.4 Å². The zero-order valence-corrected chi connectivity index (χ0v) is 15.1. The molecule has 0 unspecified atom stereocenters. The molecule has 21 heavy (non-hydrogen) atoms. The Bertz CT molecular complexity index is 490. The number of nitrogens with zero attached hydrogens (tertiary/aromatic N) is 3. The molecule has 0 spiro atoms. The molecule has 0 aromatic carbocycles. The number of aromatic nitrogens is 1. The highest BCUT2D eigenvalue weighted by atomic mass is 79.9. The summed E-state index contributed by atoms with van der Waals surface area (Å²) in [5.74, 6) is 0.130. The first-order valence-corrected chi connectivity index (χ1v) is 8.60. The lowest BCUT2D eigenvalue weighted by molar-refractivity contribution is 0.0605. The minimum atomic E-state index is 0.130. The maximum Gasteiger partial charge on any atom is 0.270 e. The predicted molar refractivity (Wildman–Crippen MR) is 89.6 cm³/mol. The summed E-state index contributed by atoms with van der Waals surface area (Å²) in [5.41, 5.74) is 0.776. The molecule has 1 aromatic rings. The molecule has 4 nitrogen and oxygen atoms in total. The third-order valence-corrected chi connectivity index (χ3v) is 4.95. The molecule has 1 aliphatic heterocycles. The summed E-state index contributed by atoms with van der Waals surface area (Å²) in [6, 6.07) is 2.87. The number of aryl methyl sites for hydroxylation is 1. The van der Waals surface area contributed by atoms with E-state index in [0.717, 1.165) is 42.6 Å². The Morgan fingerprint density at radius 3 is 2.57 bits per heavy atom. The van der Waals surface area contributed by atoms with Gasteiger partial charge < -0.3 is 14.4 Å². The van der Waals surface area contributed by atoms with E-state index in [2.05, 4.69) is 41.6 Å². The third kappa shape index (κ3) is 3.69. The highest BCUT2D eigenvalue weighted by Crippen LogP contribution is 2.21. The molecule has 1 aliphatic rings. The third-order valence-electron chi connectivity index (χ3n) is 4.52. The summed E-state index contributed by atoms with van der Waals surface area (Å²) < 4.78 is 2.97. The number of piperidine rings is 1. The Kier molecular flexibility index (Phi) is 5.49. The van der Waals surface area contributed by atoms with Crippen LogP contribution in [0.4, 0.5) is 0 Å². The first kappa shape index (κ1) is 16.6. The van der Waals surface area contributed by atoms with Gasteiger partial charge in [-0.1, -0.05) is 0 Å².